The quantitative estimate of drug-likeness (QED) is 0.777. The van der Waals surface area contributed by atoms with Crippen molar-refractivity contribution in [2.75, 3.05) is 5.75 Å². The second-order valence-electron chi connectivity index (χ2n) is 4.82. The van der Waals surface area contributed by atoms with Gasteiger partial charge in [-0.25, -0.2) is 4.39 Å². The summed E-state index contributed by atoms with van der Waals surface area (Å²) in [6.07, 6.45) is 0.924. The van der Waals surface area contributed by atoms with Crippen molar-refractivity contribution in [3.8, 4) is 0 Å². The lowest BCUT2D eigenvalue weighted by molar-refractivity contribution is -0.141. The van der Waals surface area contributed by atoms with Crippen molar-refractivity contribution in [2.24, 2.45) is 5.92 Å². The Bertz CT molecular complexity index is 586. The van der Waals surface area contributed by atoms with Crippen LogP contribution in [0.25, 0.3) is 0 Å². The first-order valence-corrected chi connectivity index (χ1v) is 7.79. The van der Waals surface area contributed by atoms with Gasteiger partial charge in [0.25, 0.3) is 0 Å². The molecule has 2 nitrogen and oxygen atoms in total. The average molecular weight is 304 g/mol. The minimum absolute atomic E-state index is 0.324. The third-order valence-corrected chi connectivity index (χ3v) is 4.24. The summed E-state index contributed by atoms with van der Waals surface area (Å²) in [6.45, 7) is 0. The summed E-state index contributed by atoms with van der Waals surface area (Å²) in [5, 5.41) is 9.30. The molecular weight excluding hydrogens is 287 g/mol. The van der Waals surface area contributed by atoms with E-state index < -0.39 is 11.9 Å². The highest BCUT2D eigenvalue weighted by atomic mass is 32.2. The maximum absolute atomic E-state index is 13.1. The van der Waals surface area contributed by atoms with E-state index in [0.29, 0.717) is 12.8 Å². The fraction of sp³-hybridized carbons (Fsp3) is 0.235. The number of rotatable bonds is 7. The van der Waals surface area contributed by atoms with Crippen molar-refractivity contribution in [3.05, 3.63) is 66.0 Å². The van der Waals surface area contributed by atoms with Crippen LogP contribution in [-0.4, -0.2) is 16.8 Å². The molecule has 110 valence electrons. The monoisotopic (exact) mass is 304 g/mol. The highest BCUT2D eigenvalue weighted by Crippen LogP contribution is 2.22. The SMILES string of the molecule is O=C(O)C(CCSc1ccccc1)Cc1cccc(F)c1. The lowest BCUT2D eigenvalue weighted by Gasteiger charge is -2.12. The first-order valence-electron chi connectivity index (χ1n) is 6.80. The summed E-state index contributed by atoms with van der Waals surface area (Å²) in [4.78, 5) is 12.5. The van der Waals surface area contributed by atoms with Crippen molar-refractivity contribution >= 4 is 17.7 Å². The molecule has 0 saturated carbocycles. The van der Waals surface area contributed by atoms with Crippen LogP contribution in [0.5, 0.6) is 0 Å². The average Bonchev–Trinajstić information content (AvgIpc) is 2.47. The van der Waals surface area contributed by atoms with Gasteiger partial charge in [-0.3, -0.25) is 4.79 Å². The van der Waals surface area contributed by atoms with Crippen LogP contribution < -0.4 is 0 Å². The van der Waals surface area contributed by atoms with E-state index in [1.807, 2.05) is 30.3 Å². The predicted octanol–water partition coefficient (Wildman–Crippen LogP) is 4.25. The molecule has 0 aliphatic rings. The van der Waals surface area contributed by atoms with Gasteiger partial charge in [-0.1, -0.05) is 30.3 Å². The Labute approximate surface area is 128 Å². The standard InChI is InChI=1S/C17H17FO2S/c18-15-6-4-5-13(12-15)11-14(17(19)20)9-10-21-16-7-2-1-3-8-16/h1-8,12,14H,9-11H2,(H,19,20). The molecule has 0 spiro atoms. The largest absolute Gasteiger partial charge is 0.481 e. The van der Waals surface area contributed by atoms with E-state index in [0.717, 1.165) is 16.2 Å². The fourth-order valence-electron chi connectivity index (χ4n) is 2.10. The van der Waals surface area contributed by atoms with Crippen molar-refractivity contribution in [1.82, 2.24) is 0 Å². The number of aliphatic carboxylic acids is 1. The van der Waals surface area contributed by atoms with Crippen LogP contribution in [0.2, 0.25) is 0 Å². The molecule has 0 fully saturated rings. The second-order valence-corrected chi connectivity index (χ2v) is 5.99. The number of halogens is 1. The Kier molecular flexibility index (Phi) is 5.81. The molecule has 2 aromatic rings. The first-order chi connectivity index (χ1) is 10.1. The van der Waals surface area contributed by atoms with Gasteiger partial charge < -0.3 is 5.11 Å². The molecule has 1 unspecified atom stereocenters. The van der Waals surface area contributed by atoms with Gasteiger partial charge in [0.15, 0.2) is 0 Å². The third-order valence-electron chi connectivity index (χ3n) is 3.20. The minimum Gasteiger partial charge on any atom is -0.481 e. The third kappa shape index (κ3) is 5.23. The molecule has 21 heavy (non-hydrogen) atoms. The topological polar surface area (TPSA) is 37.3 Å². The molecule has 0 amide bonds. The molecule has 0 saturated heterocycles. The summed E-state index contributed by atoms with van der Waals surface area (Å²) in [5.41, 5.74) is 0.729. The van der Waals surface area contributed by atoms with Crippen LogP contribution in [0.4, 0.5) is 4.39 Å². The van der Waals surface area contributed by atoms with Crippen LogP contribution in [0.15, 0.2) is 59.5 Å². The van der Waals surface area contributed by atoms with E-state index in [1.54, 1.807) is 23.9 Å². The van der Waals surface area contributed by atoms with Gasteiger partial charge in [0, 0.05) is 4.90 Å². The van der Waals surface area contributed by atoms with Crippen molar-refractivity contribution in [1.29, 1.82) is 0 Å². The zero-order chi connectivity index (χ0) is 15.1. The molecule has 0 radical (unpaired) electrons. The maximum atomic E-state index is 13.1. The van der Waals surface area contributed by atoms with E-state index in [9.17, 15) is 14.3 Å². The van der Waals surface area contributed by atoms with Crippen LogP contribution in [-0.2, 0) is 11.2 Å². The number of thioether (sulfide) groups is 1. The zero-order valence-corrected chi connectivity index (χ0v) is 12.4. The number of benzene rings is 2. The number of hydrogen-bond acceptors (Lipinski definition) is 2. The highest BCUT2D eigenvalue weighted by molar-refractivity contribution is 7.99. The summed E-state index contributed by atoms with van der Waals surface area (Å²) in [6, 6.07) is 16.0. The van der Waals surface area contributed by atoms with E-state index in [1.165, 1.54) is 12.1 Å². The number of carboxylic acids is 1. The van der Waals surface area contributed by atoms with Crippen LogP contribution >= 0.6 is 11.8 Å². The Morgan fingerprint density at radius 3 is 2.57 bits per heavy atom. The molecule has 2 aromatic carbocycles. The van der Waals surface area contributed by atoms with Crippen molar-refractivity contribution in [3.63, 3.8) is 0 Å². The van der Waals surface area contributed by atoms with Gasteiger partial charge in [-0.15, -0.1) is 11.8 Å². The van der Waals surface area contributed by atoms with E-state index in [4.69, 9.17) is 0 Å². The van der Waals surface area contributed by atoms with E-state index >= 15 is 0 Å². The van der Waals surface area contributed by atoms with Crippen molar-refractivity contribution in [2.45, 2.75) is 17.7 Å². The minimum atomic E-state index is -0.826. The van der Waals surface area contributed by atoms with Gasteiger partial charge in [0.2, 0.25) is 0 Å². The summed E-state index contributed by atoms with van der Waals surface area (Å²) >= 11 is 1.64. The fourth-order valence-corrected chi connectivity index (χ4v) is 3.08. The molecule has 4 heteroatoms. The molecule has 2 rings (SSSR count). The Morgan fingerprint density at radius 2 is 1.90 bits per heavy atom. The van der Waals surface area contributed by atoms with Gasteiger partial charge in [-0.05, 0) is 48.4 Å². The molecule has 0 heterocycles. The second kappa shape index (κ2) is 7.84. The van der Waals surface area contributed by atoms with Crippen molar-refractivity contribution < 1.29 is 14.3 Å². The molecular formula is C17H17FO2S. The molecule has 1 atom stereocenters. The van der Waals surface area contributed by atoms with E-state index in [2.05, 4.69) is 0 Å². The van der Waals surface area contributed by atoms with Crippen LogP contribution in [0.1, 0.15) is 12.0 Å². The van der Waals surface area contributed by atoms with Gasteiger partial charge >= 0.3 is 5.97 Å². The van der Waals surface area contributed by atoms with Gasteiger partial charge in [-0.2, -0.15) is 0 Å². The number of carbonyl (C=O) groups is 1. The lowest BCUT2D eigenvalue weighted by Crippen LogP contribution is -2.17. The summed E-state index contributed by atoms with van der Waals surface area (Å²) in [7, 11) is 0. The van der Waals surface area contributed by atoms with Crippen LogP contribution in [0.3, 0.4) is 0 Å². The maximum Gasteiger partial charge on any atom is 0.306 e. The summed E-state index contributed by atoms with van der Waals surface area (Å²) < 4.78 is 13.1. The van der Waals surface area contributed by atoms with Gasteiger partial charge in [0.05, 0.1) is 5.92 Å². The highest BCUT2D eigenvalue weighted by Gasteiger charge is 2.18. The summed E-state index contributed by atoms with van der Waals surface area (Å²) in [5.74, 6) is -0.901. The number of hydrogen-bond donors (Lipinski definition) is 1. The predicted molar refractivity (Wildman–Crippen MR) is 83.0 cm³/mol. The first kappa shape index (κ1) is 15.6. The molecule has 0 aromatic heterocycles. The normalized spacial score (nSPS) is 12.0. The Morgan fingerprint density at radius 1 is 1.14 bits per heavy atom. The molecule has 0 bridgehead atoms. The molecule has 1 N–H and O–H groups in total. The lowest BCUT2D eigenvalue weighted by atomic mass is 9.97. The molecule has 0 aliphatic heterocycles. The van der Waals surface area contributed by atoms with Gasteiger partial charge in [0.1, 0.15) is 5.82 Å². The number of carboxylic acid groups (broad SMARTS) is 1. The zero-order valence-electron chi connectivity index (χ0n) is 11.5. The van der Waals surface area contributed by atoms with E-state index in [-0.39, 0.29) is 5.82 Å². The smallest absolute Gasteiger partial charge is 0.306 e. The van der Waals surface area contributed by atoms with Crippen LogP contribution in [0, 0.1) is 11.7 Å². The Balaban J connectivity index is 1.89. The Hall–Kier alpha value is -1.81. The molecule has 0 aliphatic carbocycles.